The smallest absolute Gasteiger partial charge is 0.163 e. The third kappa shape index (κ3) is 3.13. The molecule has 0 saturated carbocycles. The summed E-state index contributed by atoms with van der Waals surface area (Å²) in [5.74, 6) is 1.71. The lowest BCUT2D eigenvalue weighted by Gasteiger charge is -2.16. The zero-order valence-electron chi connectivity index (χ0n) is 14.9. The van der Waals surface area contributed by atoms with Crippen molar-refractivity contribution in [1.29, 1.82) is 0 Å². The topological polar surface area (TPSA) is 68.5 Å². The maximum Gasteiger partial charge on any atom is 0.163 e. The van der Waals surface area contributed by atoms with Gasteiger partial charge in [-0.3, -0.25) is 4.68 Å². The molecule has 0 saturated heterocycles. The highest BCUT2D eigenvalue weighted by Gasteiger charge is 2.18. The molecular weight excluding hydrogens is 320 g/mol. The number of hydrogen-bond donors (Lipinski definition) is 1. The van der Waals surface area contributed by atoms with E-state index < -0.39 is 0 Å². The number of rotatable bonds is 6. The largest absolute Gasteiger partial charge is 0.360 e. The maximum absolute atomic E-state index is 4.75. The van der Waals surface area contributed by atoms with Crippen LogP contribution in [-0.4, -0.2) is 24.7 Å². The van der Waals surface area contributed by atoms with E-state index in [1.54, 1.807) is 16.0 Å². The number of anilines is 1. The Morgan fingerprint density at radius 1 is 1.21 bits per heavy atom. The van der Waals surface area contributed by atoms with Crippen LogP contribution in [0, 0.1) is 13.8 Å². The first-order valence-corrected chi connectivity index (χ1v) is 9.24. The van der Waals surface area contributed by atoms with Crippen molar-refractivity contribution in [2.24, 2.45) is 7.05 Å². The van der Waals surface area contributed by atoms with Crippen molar-refractivity contribution in [3.63, 3.8) is 0 Å². The summed E-state index contributed by atoms with van der Waals surface area (Å²) in [6.45, 7) is 8.48. The van der Waals surface area contributed by atoms with Crippen LogP contribution < -0.4 is 5.32 Å². The van der Waals surface area contributed by atoms with Crippen LogP contribution in [0.5, 0.6) is 0 Å². The second-order valence-electron chi connectivity index (χ2n) is 6.04. The van der Waals surface area contributed by atoms with Gasteiger partial charge in [-0.15, -0.1) is 11.3 Å². The summed E-state index contributed by atoms with van der Waals surface area (Å²) in [7, 11) is 1.92. The molecule has 3 rings (SSSR count). The number of hydrogen-bond acceptors (Lipinski definition) is 6. The Bertz CT molecular complexity index is 831. The average molecular weight is 344 g/mol. The molecule has 0 aliphatic heterocycles. The van der Waals surface area contributed by atoms with Gasteiger partial charge >= 0.3 is 0 Å². The number of nitrogens with one attached hydrogen (secondary N) is 1. The SMILES string of the molecule is CCCc1nc(N[C@H](CC)c2nc(C)c(C)s2)c2cnn(C)c2n1. The van der Waals surface area contributed by atoms with Crippen LogP contribution in [0.1, 0.15) is 54.1 Å². The lowest BCUT2D eigenvalue weighted by Crippen LogP contribution is -2.12. The van der Waals surface area contributed by atoms with Gasteiger partial charge in [-0.25, -0.2) is 15.0 Å². The molecule has 6 nitrogen and oxygen atoms in total. The third-order valence-electron chi connectivity index (χ3n) is 4.17. The van der Waals surface area contributed by atoms with E-state index >= 15 is 0 Å². The van der Waals surface area contributed by atoms with Crippen LogP contribution in [0.15, 0.2) is 6.20 Å². The monoisotopic (exact) mass is 344 g/mol. The van der Waals surface area contributed by atoms with Gasteiger partial charge in [-0.05, 0) is 26.7 Å². The summed E-state index contributed by atoms with van der Waals surface area (Å²) < 4.78 is 1.81. The van der Waals surface area contributed by atoms with Gasteiger partial charge in [0, 0.05) is 18.3 Å². The highest BCUT2D eigenvalue weighted by atomic mass is 32.1. The molecule has 128 valence electrons. The van der Waals surface area contributed by atoms with E-state index in [1.807, 2.05) is 13.2 Å². The van der Waals surface area contributed by atoms with E-state index in [0.717, 1.165) is 52.6 Å². The molecule has 0 aromatic carbocycles. The molecule has 1 N–H and O–H groups in total. The van der Waals surface area contributed by atoms with Gasteiger partial charge in [0.05, 0.1) is 23.3 Å². The summed E-state index contributed by atoms with van der Waals surface area (Å²) in [5.41, 5.74) is 1.98. The summed E-state index contributed by atoms with van der Waals surface area (Å²) in [6, 6.07) is 0.148. The molecule has 0 bridgehead atoms. The van der Waals surface area contributed by atoms with Gasteiger partial charge in [0.25, 0.3) is 0 Å². The zero-order chi connectivity index (χ0) is 17.3. The molecule has 0 amide bonds. The minimum atomic E-state index is 0.148. The Morgan fingerprint density at radius 3 is 2.62 bits per heavy atom. The second kappa shape index (κ2) is 6.84. The molecular formula is C17H24N6S. The minimum absolute atomic E-state index is 0.148. The van der Waals surface area contributed by atoms with Crippen molar-refractivity contribution in [1.82, 2.24) is 24.7 Å². The highest BCUT2D eigenvalue weighted by Crippen LogP contribution is 2.30. The van der Waals surface area contributed by atoms with Gasteiger partial charge in [0.2, 0.25) is 0 Å². The van der Waals surface area contributed by atoms with E-state index in [2.05, 4.69) is 43.1 Å². The number of nitrogens with zero attached hydrogens (tertiary/aromatic N) is 5. The minimum Gasteiger partial charge on any atom is -0.360 e. The second-order valence-corrected chi connectivity index (χ2v) is 7.28. The van der Waals surface area contributed by atoms with Crippen LogP contribution >= 0.6 is 11.3 Å². The molecule has 24 heavy (non-hydrogen) atoms. The van der Waals surface area contributed by atoms with Crippen LogP contribution in [0.4, 0.5) is 5.82 Å². The predicted molar refractivity (Wildman–Crippen MR) is 98.5 cm³/mol. The fourth-order valence-corrected chi connectivity index (χ4v) is 3.72. The Hall–Kier alpha value is -2.02. The average Bonchev–Trinajstić information content (AvgIpc) is 3.09. The van der Waals surface area contributed by atoms with Crippen molar-refractivity contribution in [2.45, 2.75) is 53.0 Å². The molecule has 0 spiro atoms. The number of fused-ring (bicyclic) bond motifs is 1. The normalized spacial score (nSPS) is 12.7. The summed E-state index contributed by atoms with van der Waals surface area (Å²) in [5, 5.41) is 10.00. The Balaban J connectivity index is 2.00. The van der Waals surface area contributed by atoms with E-state index in [0.29, 0.717) is 0 Å². The van der Waals surface area contributed by atoms with Crippen LogP contribution in [0.25, 0.3) is 11.0 Å². The highest BCUT2D eigenvalue weighted by molar-refractivity contribution is 7.11. The molecule has 3 aromatic heterocycles. The fourth-order valence-electron chi connectivity index (χ4n) is 2.66. The molecule has 3 heterocycles. The van der Waals surface area contributed by atoms with Gasteiger partial charge in [0.15, 0.2) is 5.65 Å². The van der Waals surface area contributed by atoms with Crippen molar-refractivity contribution in [2.75, 3.05) is 5.32 Å². The number of aryl methyl sites for hydroxylation is 4. The molecule has 7 heteroatoms. The summed E-state index contributed by atoms with van der Waals surface area (Å²) >= 11 is 1.75. The molecule has 0 unspecified atom stereocenters. The molecule has 0 fully saturated rings. The summed E-state index contributed by atoms with van der Waals surface area (Å²) in [6.07, 6.45) is 4.66. The fraction of sp³-hybridized carbons (Fsp3) is 0.529. The zero-order valence-corrected chi connectivity index (χ0v) is 15.7. The van der Waals surface area contributed by atoms with E-state index in [9.17, 15) is 0 Å². The molecule has 0 radical (unpaired) electrons. The molecule has 0 aliphatic carbocycles. The van der Waals surface area contributed by atoms with E-state index in [-0.39, 0.29) is 6.04 Å². The standard InChI is InChI=1S/C17H24N6S/c1-6-8-14-21-15(12-9-18-23(5)16(12)22-14)20-13(7-2)17-19-10(3)11(4)24-17/h9,13H,6-8H2,1-5H3,(H,20,21,22)/t13-/m1/s1. The number of thiazole rings is 1. The Kier molecular flexibility index (Phi) is 4.80. The van der Waals surface area contributed by atoms with Gasteiger partial charge in [-0.1, -0.05) is 13.8 Å². The van der Waals surface area contributed by atoms with Crippen molar-refractivity contribution >= 4 is 28.2 Å². The van der Waals surface area contributed by atoms with Crippen LogP contribution in [0.2, 0.25) is 0 Å². The predicted octanol–water partition coefficient (Wildman–Crippen LogP) is 3.95. The van der Waals surface area contributed by atoms with E-state index in [1.165, 1.54) is 4.88 Å². The Morgan fingerprint density at radius 2 is 2.00 bits per heavy atom. The lowest BCUT2D eigenvalue weighted by atomic mass is 10.2. The van der Waals surface area contributed by atoms with Gasteiger partial charge in [0.1, 0.15) is 16.6 Å². The van der Waals surface area contributed by atoms with Crippen molar-refractivity contribution < 1.29 is 0 Å². The third-order valence-corrected chi connectivity index (χ3v) is 5.36. The quantitative estimate of drug-likeness (QED) is 0.733. The van der Waals surface area contributed by atoms with Crippen molar-refractivity contribution in [3.8, 4) is 0 Å². The maximum atomic E-state index is 4.75. The molecule has 1 atom stereocenters. The van der Waals surface area contributed by atoms with Gasteiger partial charge in [-0.2, -0.15) is 5.10 Å². The first kappa shape index (κ1) is 16.8. The van der Waals surface area contributed by atoms with E-state index in [4.69, 9.17) is 9.97 Å². The lowest BCUT2D eigenvalue weighted by molar-refractivity contribution is 0.731. The van der Waals surface area contributed by atoms with Gasteiger partial charge < -0.3 is 5.32 Å². The van der Waals surface area contributed by atoms with Crippen LogP contribution in [-0.2, 0) is 13.5 Å². The Labute approximate surface area is 146 Å². The van der Waals surface area contributed by atoms with Crippen molar-refractivity contribution in [3.05, 3.63) is 27.6 Å². The molecule has 0 aliphatic rings. The molecule has 3 aromatic rings. The number of aromatic nitrogens is 5. The summed E-state index contributed by atoms with van der Waals surface area (Å²) in [4.78, 5) is 15.4. The first-order valence-electron chi connectivity index (χ1n) is 8.42. The van der Waals surface area contributed by atoms with Crippen LogP contribution in [0.3, 0.4) is 0 Å². The first-order chi connectivity index (χ1) is 11.5.